The van der Waals surface area contributed by atoms with Crippen LogP contribution in [-0.4, -0.2) is 103 Å². The van der Waals surface area contributed by atoms with Crippen LogP contribution in [0, 0.1) is 0 Å². The first-order valence-electron chi connectivity index (χ1n) is 10.2. The molecule has 0 bridgehead atoms. The number of carboxylic acids is 2. The van der Waals surface area contributed by atoms with Crippen molar-refractivity contribution in [2.45, 2.75) is 22.6 Å². The Kier molecular flexibility index (Phi) is 8.64. The van der Waals surface area contributed by atoms with E-state index in [-0.39, 0.29) is 9.13 Å². The second-order valence-electron chi connectivity index (χ2n) is 7.70. The quantitative estimate of drug-likeness (QED) is 0.0680. The van der Waals surface area contributed by atoms with E-state index in [1.807, 2.05) is 0 Å². The second kappa shape index (κ2) is 10.9. The third kappa shape index (κ3) is 5.45. The Morgan fingerprint density at radius 2 is 0.875 bits per heavy atom. The molecule has 20 nitrogen and oxygen atoms in total. The highest BCUT2D eigenvalue weighted by molar-refractivity contribution is 7.87. The Balaban J connectivity index is 2.42. The van der Waals surface area contributed by atoms with Crippen LogP contribution >= 0.6 is 0 Å². The summed E-state index contributed by atoms with van der Waals surface area (Å²) in [5.41, 5.74) is 0. The zero-order chi connectivity index (χ0) is 30.8. The van der Waals surface area contributed by atoms with E-state index in [4.69, 9.17) is 10.2 Å². The number of esters is 2. The zero-order valence-corrected chi connectivity index (χ0v) is 21.1. The molecule has 0 amide bonds. The van der Waals surface area contributed by atoms with Crippen LogP contribution in [0.5, 0.6) is 23.5 Å². The average Bonchev–Trinajstić information content (AvgIpc) is 3.31. The van der Waals surface area contributed by atoms with E-state index in [1.165, 1.54) is 0 Å². The van der Waals surface area contributed by atoms with Gasteiger partial charge in [-0.15, -0.1) is 0 Å². The van der Waals surface area contributed by atoms with Gasteiger partial charge < -0.3 is 40.1 Å². The van der Waals surface area contributed by atoms with Crippen molar-refractivity contribution in [1.29, 1.82) is 0 Å². The van der Waals surface area contributed by atoms with Gasteiger partial charge in [0.15, 0.2) is 23.5 Å². The molecule has 22 heteroatoms. The molecule has 2 rings (SSSR count). The van der Waals surface area contributed by atoms with Gasteiger partial charge >= 0.3 is 44.1 Å². The first-order valence-corrected chi connectivity index (χ1v) is 13.0. The molecule has 40 heavy (non-hydrogen) atoms. The fourth-order valence-electron chi connectivity index (χ4n) is 3.58. The summed E-state index contributed by atoms with van der Waals surface area (Å²) >= 11 is 0. The fraction of sp³-hybridized carbons (Fsp3) is 0.333. The number of carbonyl (C=O) groups is 4. The molecular weight excluding hydrogens is 596 g/mol. The van der Waals surface area contributed by atoms with Gasteiger partial charge in [-0.1, -0.05) is 0 Å². The second-order valence-corrected chi connectivity index (χ2v) is 11.0. The Labute approximate surface area is 222 Å². The van der Waals surface area contributed by atoms with Crippen molar-refractivity contribution in [1.82, 2.24) is 9.13 Å². The summed E-state index contributed by atoms with van der Waals surface area (Å²) in [5, 5.41) is 57.9. The third-order valence-corrected chi connectivity index (χ3v) is 7.92. The van der Waals surface area contributed by atoms with Gasteiger partial charge in [0.2, 0.25) is 0 Å². The van der Waals surface area contributed by atoms with E-state index >= 15 is 0 Å². The highest BCUT2D eigenvalue weighted by Crippen LogP contribution is 2.40. The Morgan fingerprint density at radius 3 is 1.07 bits per heavy atom. The number of aromatic hydroxyl groups is 4. The van der Waals surface area contributed by atoms with Gasteiger partial charge in [-0.25, -0.2) is 9.59 Å². The standard InChI is InChI=1S/C18H20N2O18S2/c21-9-1-2-10(22)19(9)17(7-13(25)26,39(31,32)33)15(29)37-5-6-38-16(30)18(8-14(27)28,40(34,35)36)20-11(23)3-4-12(20)24/h1-4,21-24H,5-8H2,(H,25,26)(H,27,28)(H,31,32,33)(H,34,35,36). The topological polar surface area (TPSA) is 327 Å². The average molecular weight is 616 g/mol. The Bertz CT molecular complexity index is 1400. The first-order chi connectivity index (χ1) is 18.2. The van der Waals surface area contributed by atoms with Crippen LogP contribution < -0.4 is 0 Å². The van der Waals surface area contributed by atoms with Crippen LogP contribution in [-0.2, 0) is 58.6 Å². The lowest BCUT2D eigenvalue weighted by molar-refractivity contribution is -0.162. The molecule has 0 aliphatic rings. The molecule has 222 valence electrons. The molecule has 0 aliphatic carbocycles. The molecule has 0 aromatic carbocycles. The molecule has 0 saturated carbocycles. The molecule has 0 aliphatic heterocycles. The van der Waals surface area contributed by atoms with E-state index in [0.717, 1.165) is 0 Å². The van der Waals surface area contributed by atoms with Crippen molar-refractivity contribution in [3.63, 3.8) is 0 Å². The minimum atomic E-state index is -5.89. The molecule has 0 spiro atoms. The number of carbonyl (C=O) groups excluding carboxylic acids is 2. The summed E-state index contributed by atoms with van der Waals surface area (Å²) in [6.45, 7) is -2.55. The number of carboxylic acid groups (broad SMARTS) is 2. The molecule has 2 atom stereocenters. The van der Waals surface area contributed by atoms with Gasteiger partial charge in [-0.3, -0.25) is 27.8 Å². The van der Waals surface area contributed by atoms with E-state index in [9.17, 15) is 65.5 Å². The zero-order valence-electron chi connectivity index (χ0n) is 19.5. The van der Waals surface area contributed by atoms with E-state index < -0.39 is 103 Å². The Morgan fingerprint density at radius 1 is 0.625 bits per heavy atom. The molecule has 0 saturated heterocycles. The van der Waals surface area contributed by atoms with Crippen molar-refractivity contribution in [2.24, 2.45) is 0 Å². The minimum absolute atomic E-state index is 0.196. The van der Waals surface area contributed by atoms with Crippen molar-refractivity contribution < 1.29 is 85.2 Å². The van der Waals surface area contributed by atoms with Crippen molar-refractivity contribution in [2.75, 3.05) is 13.2 Å². The molecule has 2 unspecified atom stereocenters. The van der Waals surface area contributed by atoms with Gasteiger partial charge in [0.05, 0.1) is 12.8 Å². The number of hydrogen-bond acceptors (Lipinski definition) is 14. The van der Waals surface area contributed by atoms with E-state index in [1.54, 1.807) is 0 Å². The smallest absolute Gasteiger partial charge is 0.351 e. The van der Waals surface area contributed by atoms with Crippen LogP contribution in [0.4, 0.5) is 0 Å². The summed E-state index contributed by atoms with van der Waals surface area (Å²) < 4.78 is 76.9. The van der Waals surface area contributed by atoms with Gasteiger partial charge in [0.25, 0.3) is 9.74 Å². The van der Waals surface area contributed by atoms with Crippen LogP contribution in [0.25, 0.3) is 0 Å². The normalized spacial score (nSPS) is 14.9. The highest BCUT2D eigenvalue weighted by Gasteiger charge is 2.59. The predicted octanol–water partition coefficient (Wildman–Crippen LogP) is -2.07. The van der Waals surface area contributed by atoms with Crippen LogP contribution in [0.2, 0.25) is 0 Å². The van der Waals surface area contributed by atoms with Crippen molar-refractivity contribution in [3.05, 3.63) is 24.3 Å². The molecule has 0 radical (unpaired) electrons. The van der Waals surface area contributed by atoms with E-state index in [0.29, 0.717) is 24.3 Å². The number of nitrogens with zero attached hydrogens (tertiary/aromatic N) is 2. The summed E-state index contributed by atoms with van der Waals surface area (Å²) in [4.78, 5) is 40.8. The van der Waals surface area contributed by atoms with Crippen LogP contribution in [0.15, 0.2) is 24.3 Å². The SMILES string of the molecule is O=C(O)CC(C(=O)OCCOC(=O)C(CC(=O)O)(n1c(O)ccc1O)S(=O)(=O)O)(n1c(O)ccc1O)S(=O)(=O)O. The summed E-state index contributed by atoms with van der Waals surface area (Å²) in [6, 6.07) is 2.48. The lowest BCUT2D eigenvalue weighted by Crippen LogP contribution is -2.52. The molecule has 2 aromatic heterocycles. The van der Waals surface area contributed by atoms with Crippen LogP contribution in [0.3, 0.4) is 0 Å². The summed E-state index contributed by atoms with van der Waals surface area (Å²) in [7, 11) is -11.8. The molecule has 2 aromatic rings. The number of rotatable bonds is 13. The highest BCUT2D eigenvalue weighted by atomic mass is 32.2. The summed E-state index contributed by atoms with van der Waals surface area (Å²) in [6.07, 6.45) is -3.67. The van der Waals surface area contributed by atoms with Gasteiger partial charge in [0.1, 0.15) is 13.2 Å². The minimum Gasteiger partial charge on any atom is -0.494 e. The van der Waals surface area contributed by atoms with Gasteiger partial charge in [0, 0.05) is 24.3 Å². The van der Waals surface area contributed by atoms with Crippen molar-refractivity contribution in [3.8, 4) is 23.5 Å². The largest absolute Gasteiger partial charge is 0.494 e. The monoisotopic (exact) mass is 616 g/mol. The fourth-order valence-corrected chi connectivity index (χ4v) is 5.57. The lowest BCUT2D eigenvalue weighted by Gasteiger charge is -2.30. The summed E-state index contributed by atoms with van der Waals surface area (Å²) in [5.74, 6) is -13.4. The molecule has 8 N–H and O–H groups in total. The van der Waals surface area contributed by atoms with Gasteiger partial charge in [-0.05, 0) is 0 Å². The molecule has 0 fully saturated rings. The number of ether oxygens (including phenoxy) is 2. The number of hydrogen-bond donors (Lipinski definition) is 8. The van der Waals surface area contributed by atoms with Crippen LogP contribution in [0.1, 0.15) is 12.8 Å². The number of aliphatic carboxylic acids is 2. The third-order valence-electron chi connectivity index (χ3n) is 5.22. The maximum atomic E-state index is 12.8. The van der Waals surface area contributed by atoms with E-state index in [2.05, 4.69) is 9.47 Å². The number of aromatic nitrogens is 2. The first kappa shape index (κ1) is 31.7. The van der Waals surface area contributed by atoms with Gasteiger partial charge in [-0.2, -0.15) is 16.8 Å². The maximum Gasteiger partial charge on any atom is 0.351 e. The molecular formula is C18H20N2O18S2. The predicted molar refractivity (Wildman–Crippen MR) is 121 cm³/mol. The lowest BCUT2D eigenvalue weighted by atomic mass is 10.2. The molecule has 2 heterocycles. The Hall–Kier alpha value is -4.54. The van der Waals surface area contributed by atoms with Crippen molar-refractivity contribution >= 4 is 44.1 Å². The maximum absolute atomic E-state index is 12.8.